The zero-order chi connectivity index (χ0) is 18.8. The molecule has 1 aromatic heterocycles. The monoisotopic (exact) mass is 430 g/mol. The zero-order valence-electron chi connectivity index (χ0n) is 15.1. The summed E-state index contributed by atoms with van der Waals surface area (Å²) in [5.41, 5.74) is 3.51. The minimum atomic E-state index is -0.715. The number of aromatic nitrogens is 1. The lowest BCUT2D eigenvalue weighted by Gasteiger charge is -2.17. The van der Waals surface area contributed by atoms with Crippen LogP contribution in [0, 0.1) is 5.92 Å². The van der Waals surface area contributed by atoms with E-state index in [1.807, 2.05) is 12.1 Å². The Hall–Kier alpha value is -2.08. The van der Waals surface area contributed by atoms with E-state index in [0.29, 0.717) is 12.5 Å². The highest BCUT2D eigenvalue weighted by atomic mass is 79.9. The van der Waals surface area contributed by atoms with Gasteiger partial charge >= 0.3 is 5.97 Å². The highest BCUT2D eigenvalue weighted by Crippen LogP contribution is 2.50. The summed E-state index contributed by atoms with van der Waals surface area (Å²) in [6.45, 7) is 1.56. The Balaban J connectivity index is 1.32. The second-order valence-corrected chi connectivity index (χ2v) is 8.18. The van der Waals surface area contributed by atoms with Gasteiger partial charge in [0.25, 0.3) is 0 Å². The van der Waals surface area contributed by atoms with Crippen molar-refractivity contribution in [1.82, 2.24) is 4.98 Å². The number of carbonyl (C=O) groups is 1. The lowest BCUT2D eigenvalue weighted by Crippen LogP contribution is -2.14. The molecule has 2 aliphatic rings. The van der Waals surface area contributed by atoms with Gasteiger partial charge in [-0.25, -0.2) is 4.98 Å². The van der Waals surface area contributed by atoms with Gasteiger partial charge in [0.1, 0.15) is 11.6 Å². The number of rotatable bonds is 7. The molecule has 5 nitrogen and oxygen atoms in total. The third-order valence-corrected chi connectivity index (χ3v) is 5.93. The molecule has 1 aromatic carbocycles. The van der Waals surface area contributed by atoms with Crippen LogP contribution in [0.4, 0.5) is 5.82 Å². The van der Waals surface area contributed by atoms with Gasteiger partial charge in [0.05, 0.1) is 11.1 Å². The number of ether oxygens (including phenoxy) is 1. The molecule has 0 amide bonds. The van der Waals surface area contributed by atoms with E-state index in [1.165, 1.54) is 17.5 Å². The second-order valence-electron chi connectivity index (χ2n) is 7.33. The fourth-order valence-corrected chi connectivity index (χ4v) is 4.26. The average Bonchev–Trinajstić information content (AvgIpc) is 3.41. The summed E-state index contributed by atoms with van der Waals surface area (Å²) >= 11 is 3.58. The number of aliphatic carboxylic acids is 1. The molecule has 0 saturated heterocycles. The Morgan fingerprint density at radius 2 is 2.22 bits per heavy atom. The molecular weight excluding hydrogens is 408 g/mol. The SMILES string of the molecule is O=C(O)CC1CC1c1ccc(OCCc2ccc3c(n2)NCCC3)c(Br)c1. The van der Waals surface area contributed by atoms with Crippen LogP contribution in [0.3, 0.4) is 0 Å². The van der Waals surface area contributed by atoms with Crippen LogP contribution in [0.2, 0.25) is 0 Å². The molecule has 6 heteroatoms. The summed E-state index contributed by atoms with van der Waals surface area (Å²) in [5, 5.41) is 12.3. The third kappa shape index (κ3) is 4.43. The molecular formula is C21H23BrN2O3. The van der Waals surface area contributed by atoms with Crippen LogP contribution in [0.1, 0.15) is 42.0 Å². The molecule has 0 bridgehead atoms. The Morgan fingerprint density at radius 1 is 1.33 bits per heavy atom. The number of benzene rings is 1. The summed E-state index contributed by atoms with van der Waals surface area (Å²) in [5.74, 6) is 1.74. The van der Waals surface area contributed by atoms with E-state index in [9.17, 15) is 4.79 Å². The summed E-state index contributed by atoms with van der Waals surface area (Å²) in [6.07, 6.45) is 4.23. The Bertz CT molecular complexity index is 855. The van der Waals surface area contributed by atoms with Gasteiger partial charge < -0.3 is 15.2 Å². The first kappa shape index (κ1) is 18.3. The molecule has 2 atom stereocenters. The largest absolute Gasteiger partial charge is 0.492 e. The summed E-state index contributed by atoms with van der Waals surface area (Å²) in [7, 11) is 0. The fourth-order valence-electron chi connectivity index (χ4n) is 3.74. The number of nitrogens with one attached hydrogen (secondary N) is 1. The maximum atomic E-state index is 10.8. The van der Waals surface area contributed by atoms with Crippen molar-refractivity contribution in [1.29, 1.82) is 0 Å². The van der Waals surface area contributed by atoms with Crippen molar-refractivity contribution in [3.63, 3.8) is 0 Å². The predicted octanol–water partition coefficient (Wildman–Crippen LogP) is 4.40. The Morgan fingerprint density at radius 3 is 3.04 bits per heavy atom. The van der Waals surface area contributed by atoms with Crippen LogP contribution in [-0.2, 0) is 17.6 Å². The summed E-state index contributed by atoms with van der Waals surface area (Å²) < 4.78 is 6.85. The quantitative estimate of drug-likeness (QED) is 0.680. The molecule has 0 spiro atoms. The molecule has 142 valence electrons. The van der Waals surface area contributed by atoms with Crippen molar-refractivity contribution in [2.45, 2.75) is 38.0 Å². The minimum absolute atomic E-state index is 0.253. The topological polar surface area (TPSA) is 71.5 Å². The Kier molecular flexibility index (Phi) is 5.34. The van der Waals surface area contributed by atoms with Gasteiger partial charge in [-0.1, -0.05) is 12.1 Å². The molecule has 2 aromatic rings. The number of carboxylic acids is 1. The first-order valence-electron chi connectivity index (χ1n) is 9.47. The second kappa shape index (κ2) is 7.89. The molecule has 1 fully saturated rings. The van der Waals surface area contributed by atoms with Crippen molar-refractivity contribution in [3.05, 3.63) is 51.6 Å². The van der Waals surface area contributed by atoms with Crippen LogP contribution in [-0.4, -0.2) is 29.2 Å². The van der Waals surface area contributed by atoms with E-state index in [0.717, 1.165) is 47.5 Å². The van der Waals surface area contributed by atoms with Crippen molar-refractivity contribution in [2.75, 3.05) is 18.5 Å². The fraction of sp³-hybridized carbons (Fsp3) is 0.429. The normalized spacial score (nSPS) is 20.5. The third-order valence-electron chi connectivity index (χ3n) is 5.31. The molecule has 4 rings (SSSR count). The van der Waals surface area contributed by atoms with Crippen LogP contribution >= 0.6 is 15.9 Å². The van der Waals surface area contributed by atoms with Crippen LogP contribution in [0.5, 0.6) is 5.75 Å². The molecule has 1 aliphatic carbocycles. The number of halogens is 1. The predicted molar refractivity (Wildman–Crippen MR) is 107 cm³/mol. The molecule has 2 N–H and O–H groups in total. The molecule has 1 saturated carbocycles. The highest BCUT2D eigenvalue weighted by Gasteiger charge is 2.39. The number of carboxylic acid groups (broad SMARTS) is 1. The van der Waals surface area contributed by atoms with E-state index in [-0.39, 0.29) is 12.3 Å². The number of pyridine rings is 1. The van der Waals surface area contributed by atoms with Crippen molar-refractivity contribution < 1.29 is 14.6 Å². The van der Waals surface area contributed by atoms with Crippen LogP contribution in [0.15, 0.2) is 34.8 Å². The number of fused-ring (bicyclic) bond motifs is 1. The molecule has 0 radical (unpaired) electrons. The van der Waals surface area contributed by atoms with Gasteiger partial charge in [0.15, 0.2) is 0 Å². The van der Waals surface area contributed by atoms with Gasteiger partial charge in [-0.3, -0.25) is 4.79 Å². The maximum Gasteiger partial charge on any atom is 0.303 e. The highest BCUT2D eigenvalue weighted by molar-refractivity contribution is 9.10. The van der Waals surface area contributed by atoms with E-state index < -0.39 is 5.97 Å². The van der Waals surface area contributed by atoms with Gasteiger partial charge in [0.2, 0.25) is 0 Å². The van der Waals surface area contributed by atoms with E-state index in [4.69, 9.17) is 14.8 Å². The lowest BCUT2D eigenvalue weighted by molar-refractivity contribution is -0.137. The van der Waals surface area contributed by atoms with Crippen LogP contribution < -0.4 is 10.1 Å². The molecule has 2 unspecified atom stereocenters. The zero-order valence-corrected chi connectivity index (χ0v) is 16.7. The Labute approximate surface area is 167 Å². The van der Waals surface area contributed by atoms with Crippen molar-refractivity contribution in [2.24, 2.45) is 5.92 Å². The molecule has 27 heavy (non-hydrogen) atoms. The summed E-state index contributed by atoms with van der Waals surface area (Å²) in [4.78, 5) is 15.5. The maximum absolute atomic E-state index is 10.8. The van der Waals surface area contributed by atoms with Gasteiger partial charge in [0, 0.05) is 25.1 Å². The first-order chi connectivity index (χ1) is 13.1. The number of aryl methyl sites for hydroxylation is 1. The number of hydrogen-bond donors (Lipinski definition) is 2. The number of anilines is 1. The smallest absolute Gasteiger partial charge is 0.303 e. The van der Waals surface area contributed by atoms with E-state index >= 15 is 0 Å². The van der Waals surface area contributed by atoms with Gasteiger partial charge in [-0.2, -0.15) is 0 Å². The van der Waals surface area contributed by atoms with E-state index in [1.54, 1.807) is 0 Å². The average molecular weight is 431 g/mol. The lowest BCUT2D eigenvalue weighted by atomic mass is 10.1. The van der Waals surface area contributed by atoms with Crippen LogP contribution in [0.25, 0.3) is 0 Å². The molecule has 2 heterocycles. The van der Waals surface area contributed by atoms with Gasteiger partial charge in [-0.15, -0.1) is 0 Å². The van der Waals surface area contributed by atoms with Crippen molar-refractivity contribution in [3.8, 4) is 5.75 Å². The minimum Gasteiger partial charge on any atom is -0.492 e. The molecule has 1 aliphatic heterocycles. The summed E-state index contributed by atoms with van der Waals surface area (Å²) in [6, 6.07) is 10.3. The van der Waals surface area contributed by atoms with Crippen molar-refractivity contribution >= 4 is 27.7 Å². The standard InChI is InChI=1S/C21H23BrN2O3/c22-18-11-14(17-10-15(17)12-20(25)26)4-6-19(18)27-9-7-16-5-3-13-2-1-8-23-21(13)24-16/h3-6,11,15,17H,1-2,7-10,12H2,(H,23,24)(H,25,26). The van der Waals surface area contributed by atoms with E-state index in [2.05, 4.69) is 39.4 Å². The number of hydrogen-bond acceptors (Lipinski definition) is 4. The van der Waals surface area contributed by atoms with Gasteiger partial charge in [-0.05, 0) is 76.4 Å². The first-order valence-corrected chi connectivity index (χ1v) is 10.3. The number of nitrogens with zero attached hydrogens (tertiary/aromatic N) is 1.